The molecule has 38 heavy (non-hydrogen) atoms. The summed E-state index contributed by atoms with van der Waals surface area (Å²) in [5.41, 5.74) is 4.36. The van der Waals surface area contributed by atoms with E-state index in [1.165, 1.54) is 39.2 Å². The summed E-state index contributed by atoms with van der Waals surface area (Å²) >= 11 is 1.62. The Morgan fingerprint density at radius 1 is 1.05 bits per heavy atom. The van der Waals surface area contributed by atoms with E-state index in [0.29, 0.717) is 24.5 Å². The van der Waals surface area contributed by atoms with Gasteiger partial charge < -0.3 is 19.5 Å². The SMILES string of the molecule is COC(=O)[C@H](CCSC)NC(=O)c1ccc(COC(C)C(OC)C2CCCCC2)cc1-c1ccccc1C. The highest BCUT2D eigenvalue weighted by atomic mass is 32.2. The van der Waals surface area contributed by atoms with Crippen molar-refractivity contribution in [2.24, 2.45) is 5.92 Å². The second kappa shape index (κ2) is 15.3. The van der Waals surface area contributed by atoms with Crippen molar-refractivity contribution < 1.29 is 23.8 Å². The number of benzene rings is 2. The van der Waals surface area contributed by atoms with Crippen molar-refractivity contribution in [3.05, 3.63) is 59.2 Å². The average Bonchev–Trinajstić information content (AvgIpc) is 2.94. The highest BCUT2D eigenvalue weighted by Gasteiger charge is 2.29. The van der Waals surface area contributed by atoms with Crippen LogP contribution in [0.5, 0.6) is 0 Å². The molecular formula is C31H43NO5S. The van der Waals surface area contributed by atoms with Gasteiger partial charge in [0.2, 0.25) is 0 Å². The molecule has 0 saturated heterocycles. The summed E-state index contributed by atoms with van der Waals surface area (Å²) in [5.74, 6) is 0.542. The van der Waals surface area contributed by atoms with Gasteiger partial charge in [-0.2, -0.15) is 11.8 Å². The lowest BCUT2D eigenvalue weighted by atomic mass is 9.83. The maximum absolute atomic E-state index is 13.5. The third-order valence-corrected chi connectivity index (χ3v) is 8.17. The van der Waals surface area contributed by atoms with Crippen LogP contribution in [0.4, 0.5) is 0 Å². The molecule has 1 saturated carbocycles. The van der Waals surface area contributed by atoms with Crippen LogP contribution in [0.15, 0.2) is 42.5 Å². The van der Waals surface area contributed by atoms with Crippen LogP contribution < -0.4 is 5.32 Å². The van der Waals surface area contributed by atoms with Gasteiger partial charge >= 0.3 is 5.97 Å². The molecule has 6 nitrogen and oxygen atoms in total. The highest BCUT2D eigenvalue weighted by molar-refractivity contribution is 7.98. The maximum atomic E-state index is 13.5. The molecule has 2 aromatic carbocycles. The topological polar surface area (TPSA) is 73.9 Å². The Balaban J connectivity index is 1.83. The Labute approximate surface area is 232 Å². The predicted octanol–water partition coefficient (Wildman–Crippen LogP) is 6.19. The fourth-order valence-corrected chi connectivity index (χ4v) is 5.86. The highest BCUT2D eigenvalue weighted by Crippen LogP contribution is 2.31. The zero-order valence-corrected chi connectivity index (χ0v) is 24.3. The van der Waals surface area contributed by atoms with E-state index in [2.05, 4.69) is 12.2 Å². The summed E-state index contributed by atoms with van der Waals surface area (Å²) in [6.45, 7) is 4.55. The first-order chi connectivity index (χ1) is 18.4. The third kappa shape index (κ3) is 8.08. The number of hydrogen-bond donors (Lipinski definition) is 1. The van der Waals surface area contributed by atoms with E-state index >= 15 is 0 Å². The molecular weight excluding hydrogens is 498 g/mol. The molecule has 208 valence electrons. The van der Waals surface area contributed by atoms with Crippen molar-refractivity contribution >= 4 is 23.6 Å². The lowest BCUT2D eigenvalue weighted by Crippen LogP contribution is -2.42. The Morgan fingerprint density at radius 3 is 2.45 bits per heavy atom. The van der Waals surface area contributed by atoms with Crippen LogP contribution in [0.25, 0.3) is 11.1 Å². The van der Waals surface area contributed by atoms with Gasteiger partial charge in [0, 0.05) is 12.7 Å². The van der Waals surface area contributed by atoms with Crippen LogP contribution in [-0.4, -0.2) is 56.4 Å². The number of rotatable bonds is 13. The number of nitrogens with one attached hydrogen (secondary N) is 1. The molecule has 2 aromatic rings. The molecule has 0 spiro atoms. The zero-order chi connectivity index (χ0) is 27.5. The number of methoxy groups -OCH3 is 2. The lowest BCUT2D eigenvalue weighted by molar-refractivity contribution is -0.142. The number of carbonyl (C=O) groups excluding carboxylic acids is 2. The summed E-state index contributed by atoms with van der Waals surface area (Å²) in [5, 5.41) is 2.90. The quantitative estimate of drug-likeness (QED) is 0.305. The van der Waals surface area contributed by atoms with Gasteiger partial charge in [0.1, 0.15) is 6.04 Å². The predicted molar refractivity (Wildman–Crippen MR) is 155 cm³/mol. The van der Waals surface area contributed by atoms with Gasteiger partial charge in [0.05, 0.1) is 25.9 Å². The molecule has 1 amide bonds. The van der Waals surface area contributed by atoms with Crippen LogP contribution in [0.1, 0.15) is 66.9 Å². The number of ether oxygens (including phenoxy) is 3. The molecule has 1 N–H and O–H groups in total. The first kappa shape index (κ1) is 30.2. The van der Waals surface area contributed by atoms with Crippen LogP contribution in [-0.2, 0) is 25.6 Å². The Morgan fingerprint density at radius 2 is 1.79 bits per heavy atom. The molecule has 2 unspecified atom stereocenters. The first-order valence-corrected chi connectivity index (χ1v) is 15.0. The van der Waals surface area contributed by atoms with Gasteiger partial charge in [0.15, 0.2) is 0 Å². The molecule has 7 heteroatoms. The number of carbonyl (C=O) groups is 2. The molecule has 3 rings (SSSR count). The Kier molecular flexibility index (Phi) is 12.2. The van der Waals surface area contributed by atoms with Crippen molar-refractivity contribution in [3.63, 3.8) is 0 Å². The van der Waals surface area contributed by atoms with Crippen molar-refractivity contribution in [2.45, 2.75) is 77.2 Å². The number of amides is 1. The largest absolute Gasteiger partial charge is 0.467 e. The number of esters is 1. The van der Waals surface area contributed by atoms with Gasteiger partial charge in [-0.1, -0.05) is 49.6 Å². The van der Waals surface area contributed by atoms with Crippen molar-refractivity contribution in [1.29, 1.82) is 0 Å². The Hall–Kier alpha value is -2.35. The van der Waals surface area contributed by atoms with Gasteiger partial charge in [-0.05, 0) is 85.4 Å². The lowest BCUT2D eigenvalue weighted by Gasteiger charge is -2.33. The summed E-state index contributed by atoms with van der Waals surface area (Å²) < 4.78 is 17.1. The van der Waals surface area contributed by atoms with Gasteiger partial charge in [0.25, 0.3) is 5.91 Å². The average molecular weight is 542 g/mol. The first-order valence-electron chi connectivity index (χ1n) is 13.6. The van der Waals surface area contributed by atoms with Crippen LogP contribution in [0, 0.1) is 12.8 Å². The summed E-state index contributed by atoms with van der Waals surface area (Å²) in [7, 11) is 3.13. The maximum Gasteiger partial charge on any atom is 0.328 e. The Bertz CT molecular complexity index is 1050. The van der Waals surface area contributed by atoms with E-state index in [4.69, 9.17) is 14.2 Å². The monoisotopic (exact) mass is 541 g/mol. The van der Waals surface area contributed by atoms with E-state index in [1.54, 1.807) is 18.9 Å². The molecule has 0 aliphatic heterocycles. The molecule has 0 heterocycles. The summed E-state index contributed by atoms with van der Waals surface area (Å²) in [6.07, 6.45) is 8.72. The molecule has 1 aliphatic carbocycles. The van der Waals surface area contributed by atoms with Crippen molar-refractivity contribution in [2.75, 3.05) is 26.2 Å². The van der Waals surface area contributed by atoms with E-state index < -0.39 is 12.0 Å². The normalized spacial score (nSPS) is 16.4. The fourth-order valence-electron chi connectivity index (χ4n) is 5.39. The van der Waals surface area contributed by atoms with E-state index in [-0.39, 0.29) is 18.1 Å². The van der Waals surface area contributed by atoms with Crippen LogP contribution in [0.2, 0.25) is 0 Å². The molecule has 0 bridgehead atoms. The standard InChI is InChI=1S/C31H43NO5S/c1-21-11-9-10-14-25(21)27-19-23(20-37-22(2)29(35-3)24-12-7-6-8-13-24)15-16-26(27)30(33)32-28(17-18-38-5)31(34)36-4/h9-11,14-16,19,22,24,28-29H,6-8,12-13,17-18,20H2,1-5H3,(H,32,33)/t22?,28-,29?/m0/s1. The van der Waals surface area contributed by atoms with Gasteiger partial charge in [-0.15, -0.1) is 0 Å². The van der Waals surface area contributed by atoms with Crippen LogP contribution >= 0.6 is 11.8 Å². The van der Waals surface area contributed by atoms with Crippen molar-refractivity contribution in [3.8, 4) is 11.1 Å². The minimum Gasteiger partial charge on any atom is -0.467 e. The molecule has 1 aliphatic rings. The summed E-state index contributed by atoms with van der Waals surface area (Å²) in [6, 6.07) is 13.1. The van der Waals surface area contributed by atoms with E-state index in [0.717, 1.165) is 28.0 Å². The molecule has 1 fully saturated rings. The molecule has 3 atom stereocenters. The van der Waals surface area contributed by atoms with E-state index in [1.807, 2.05) is 55.6 Å². The summed E-state index contributed by atoms with van der Waals surface area (Å²) in [4.78, 5) is 25.8. The van der Waals surface area contributed by atoms with Gasteiger partial charge in [-0.25, -0.2) is 4.79 Å². The van der Waals surface area contributed by atoms with Crippen LogP contribution in [0.3, 0.4) is 0 Å². The second-order valence-corrected chi connectivity index (χ2v) is 11.1. The zero-order valence-electron chi connectivity index (χ0n) is 23.5. The minimum absolute atomic E-state index is 0.0368. The molecule has 0 aromatic heterocycles. The fraction of sp³-hybridized carbons (Fsp3) is 0.548. The van der Waals surface area contributed by atoms with Crippen molar-refractivity contribution in [1.82, 2.24) is 5.32 Å². The van der Waals surface area contributed by atoms with E-state index in [9.17, 15) is 9.59 Å². The minimum atomic E-state index is -0.695. The third-order valence-electron chi connectivity index (χ3n) is 7.53. The number of thioether (sulfide) groups is 1. The second-order valence-electron chi connectivity index (χ2n) is 10.1. The number of hydrogen-bond acceptors (Lipinski definition) is 6. The molecule has 0 radical (unpaired) electrons. The smallest absolute Gasteiger partial charge is 0.328 e. The number of aryl methyl sites for hydroxylation is 1. The van der Waals surface area contributed by atoms with Gasteiger partial charge in [-0.3, -0.25) is 4.79 Å².